The molecular weight excluding hydrogens is 811 g/mol. The normalized spacial score (nSPS) is 19.7. The van der Waals surface area contributed by atoms with Crippen LogP contribution in [0.3, 0.4) is 0 Å². The molecule has 62 heavy (non-hydrogen) atoms. The second-order valence-corrected chi connectivity index (χ2v) is 21.0. The molecule has 2 heterocycles. The topological polar surface area (TPSA) is 182 Å². The number of hydrogen-bond donors (Lipinski definition) is 3. The quantitative estimate of drug-likeness (QED) is 0.135. The van der Waals surface area contributed by atoms with Crippen molar-refractivity contribution in [3.63, 3.8) is 0 Å². The van der Waals surface area contributed by atoms with Gasteiger partial charge in [-0.3, -0.25) is 19.1 Å². The lowest BCUT2D eigenvalue weighted by Gasteiger charge is -2.42. The van der Waals surface area contributed by atoms with Crippen molar-refractivity contribution in [1.29, 1.82) is 0 Å². The molecule has 1 saturated heterocycles. The van der Waals surface area contributed by atoms with E-state index in [1.165, 1.54) is 4.90 Å². The second-order valence-electron chi connectivity index (χ2n) is 18.9. The van der Waals surface area contributed by atoms with Crippen LogP contribution >= 0.6 is 0 Å². The molecule has 3 aliphatic rings. The molecule has 0 radical (unpaired) electrons. The van der Waals surface area contributed by atoms with Crippen LogP contribution in [-0.2, 0) is 35.6 Å². The number of likely N-dealkylation sites (tertiary alicyclic amines) is 1. The van der Waals surface area contributed by atoms with Crippen LogP contribution in [0, 0.1) is 5.41 Å². The highest BCUT2D eigenvalue weighted by molar-refractivity contribution is 7.91. The largest absolute Gasteiger partial charge is 0.497 e. The van der Waals surface area contributed by atoms with E-state index in [1.807, 2.05) is 78.9 Å². The molecule has 3 aromatic carbocycles. The number of aromatic nitrogens is 1. The van der Waals surface area contributed by atoms with Crippen molar-refractivity contribution in [3.05, 3.63) is 90.5 Å². The van der Waals surface area contributed by atoms with Gasteiger partial charge in [0, 0.05) is 29.5 Å². The number of ether oxygens (including phenoxy) is 3. The van der Waals surface area contributed by atoms with Gasteiger partial charge in [0.2, 0.25) is 21.8 Å². The van der Waals surface area contributed by atoms with Crippen LogP contribution < -0.4 is 24.8 Å². The highest BCUT2D eigenvalue weighted by Crippen LogP contribution is 2.46. The summed E-state index contributed by atoms with van der Waals surface area (Å²) in [6.45, 7) is 10.5. The van der Waals surface area contributed by atoms with Crippen molar-refractivity contribution in [2.75, 3.05) is 13.7 Å². The molecule has 2 aliphatic carbocycles. The number of nitrogens with zero attached hydrogens (tertiary/aromatic N) is 2. The van der Waals surface area contributed by atoms with Crippen LogP contribution in [0.4, 0.5) is 4.79 Å². The predicted octanol–water partition coefficient (Wildman–Crippen LogP) is 6.46. The van der Waals surface area contributed by atoms with E-state index in [0.717, 1.165) is 11.1 Å². The summed E-state index contributed by atoms with van der Waals surface area (Å²) in [6, 6.07) is 23.9. The molecule has 330 valence electrons. The van der Waals surface area contributed by atoms with Gasteiger partial charge in [0.15, 0.2) is 0 Å². The third kappa shape index (κ3) is 9.52. The zero-order chi connectivity index (χ0) is 44.7. The van der Waals surface area contributed by atoms with Crippen LogP contribution in [0.15, 0.2) is 84.9 Å². The van der Waals surface area contributed by atoms with E-state index in [4.69, 9.17) is 19.2 Å². The monoisotopic (exact) mass is 867 g/mol. The molecule has 3 fully saturated rings. The summed E-state index contributed by atoms with van der Waals surface area (Å²) in [5, 5.41) is 6.34. The zero-order valence-corrected chi connectivity index (χ0v) is 37.3. The number of carbonyl (C=O) groups is 4. The standard InChI is InChI=1S/C47H57N5O9S/c1-44(2,3)39(49-43(56)61-45(4,5)6)41(54)52-29-33(60-38-27-35(31-17-12-9-13-18-31)48-36-25-32(59-7)19-20-34(36)38)26-37(52)40(53)50-47(21-14-22-47)42(55)51-62(57,58)46(23-24-46)28-30-15-10-8-11-16-30/h8-13,15-20,25,27,33,37,39H,14,21-24,26,28-29H2,1-7H3,(H,49,56)(H,50,53)(H,51,55). The van der Waals surface area contributed by atoms with Crippen molar-refractivity contribution in [2.45, 2.75) is 121 Å². The predicted molar refractivity (Wildman–Crippen MR) is 235 cm³/mol. The van der Waals surface area contributed by atoms with E-state index in [2.05, 4.69) is 15.4 Å². The van der Waals surface area contributed by atoms with Crippen LogP contribution in [0.2, 0.25) is 0 Å². The van der Waals surface area contributed by atoms with E-state index >= 15 is 0 Å². The smallest absolute Gasteiger partial charge is 0.408 e. The van der Waals surface area contributed by atoms with Gasteiger partial charge in [0.1, 0.15) is 40.8 Å². The molecule has 3 unspecified atom stereocenters. The van der Waals surface area contributed by atoms with Gasteiger partial charge in [-0.15, -0.1) is 0 Å². The summed E-state index contributed by atoms with van der Waals surface area (Å²) in [4.78, 5) is 63.0. The number of rotatable bonds is 13. The Bertz CT molecular complexity index is 2440. The Morgan fingerprint density at radius 3 is 2.13 bits per heavy atom. The summed E-state index contributed by atoms with van der Waals surface area (Å²) in [5.41, 5.74) is -0.234. The first-order valence-electron chi connectivity index (χ1n) is 21.2. The number of carbonyl (C=O) groups excluding carboxylic acids is 4. The molecule has 3 N–H and O–H groups in total. The van der Waals surface area contributed by atoms with Gasteiger partial charge in [-0.2, -0.15) is 0 Å². The molecule has 4 amide bonds. The Labute approximate surface area is 363 Å². The van der Waals surface area contributed by atoms with Gasteiger partial charge in [-0.05, 0) is 82.4 Å². The fraction of sp³-hybridized carbons (Fsp3) is 0.468. The highest BCUT2D eigenvalue weighted by atomic mass is 32.2. The van der Waals surface area contributed by atoms with Gasteiger partial charge in [0.05, 0.1) is 29.6 Å². The summed E-state index contributed by atoms with van der Waals surface area (Å²) in [6.07, 6.45) is 0.585. The molecule has 3 atom stereocenters. The molecular formula is C47H57N5O9S. The second kappa shape index (κ2) is 16.9. The minimum absolute atomic E-state index is 0.0255. The molecule has 14 nitrogen and oxygen atoms in total. The third-order valence-corrected chi connectivity index (χ3v) is 14.1. The minimum atomic E-state index is -4.13. The third-order valence-electron chi connectivity index (χ3n) is 11.9. The Kier molecular flexibility index (Phi) is 12.1. The number of alkyl carbamates (subject to hydrolysis) is 1. The van der Waals surface area contributed by atoms with Gasteiger partial charge in [-0.25, -0.2) is 18.2 Å². The van der Waals surface area contributed by atoms with Crippen LogP contribution in [0.5, 0.6) is 11.5 Å². The lowest BCUT2D eigenvalue weighted by Crippen LogP contribution is -2.67. The van der Waals surface area contributed by atoms with Gasteiger partial charge < -0.3 is 29.7 Å². The first kappa shape index (κ1) is 44.4. The van der Waals surface area contributed by atoms with Gasteiger partial charge in [-0.1, -0.05) is 81.4 Å². The Balaban J connectivity index is 1.18. The number of methoxy groups -OCH3 is 1. The maximum atomic E-state index is 14.8. The van der Waals surface area contributed by atoms with E-state index in [9.17, 15) is 27.6 Å². The molecule has 0 spiro atoms. The number of hydrogen-bond acceptors (Lipinski definition) is 10. The molecule has 4 aromatic rings. The molecule has 1 aromatic heterocycles. The van der Waals surface area contributed by atoms with Crippen molar-refractivity contribution in [2.24, 2.45) is 5.41 Å². The Morgan fingerprint density at radius 1 is 0.887 bits per heavy atom. The lowest BCUT2D eigenvalue weighted by molar-refractivity contribution is -0.144. The van der Waals surface area contributed by atoms with E-state index < -0.39 is 73.3 Å². The molecule has 7 rings (SSSR count). The average molecular weight is 868 g/mol. The SMILES string of the molecule is COc1ccc2c(OC3CC(C(=O)NC4(C(=O)NS(=O)(=O)C5(Cc6ccccc6)CC5)CCC4)N(C(=O)C(NC(=O)OC(C)(C)C)C(C)(C)C)C3)cc(-c3ccccc3)nc2c1. The molecule has 0 bridgehead atoms. The highest BCUT2D eigenvalue weighted by Gasteiger charge is 2.58. The van der Waals surface area contributed by atoms with E-state index in [0.29, 0.717) is 47.4 Å². The maximum Gasteiger partial charge on any atom is 0.408 e. The molecule has 15 heteroatoms. The lowest BCUT2D eigenvalue weighted by atomic mass is 9.76. The average Bonchev–Trinajstić information content (AvgIpc) is 3.87. The van der Waals surface area contributed by atoms with Gasteiger partial charge >= 0.3 is 6.09 Å². The minimum Gasteiger partial charge on any atom is -0.497 e. The van der Waals surface area contributed by atoms with Crippen LogP contribution in [-0.4, -0.2) is 89.8 Å². The Morgan fingerprint density at radius 2 is 1.55 bits per heavy atom. The van der Waals surface area contributed by atoms with Crippen LogP contribution in [0.1, 0.15) is 85.6 Å². The number of amides is 4. The number of fused-ring (bicyclic) bond motifs is 1. The number of pyridine rings is 1. The summed E-state index contributed by atoms with van der Waals surface area (Å²) < 4.78 is 46.7. The first-order valence-corrected chi connectivity index (χ1v) is 22.6. The zero-order valence-electron chi connectivity index (χ0n) is 36.4. The number of benzene rings is 3. The van der Waals surface area contributed by atoms with E-state index in [-0.39, 0.29) is 32.2 Å². The van der Waals surface area contributed by atoms with Gasteiger partial charge in [0.25, 0.3) is 5.91 Å². The first-order chi connectivity index (χ1) is 29.2. The molecule has 1 aliphatic heterocycles. The number of sulfonamides is 1. The van der Waals surface area contributed by atoms with Crippen molar-refractivity contribution >= 4 is 44.7 Å². The van der Waals surface area contributed by atoms with Crippen molar-refractivity contribution in [3.8, 4) is 22.8 Å². The number of nitrogens with one attached hydrogen (secondary N) is 3. The fourth-order valence-electron chi connectivity index (χ4n) is 8.19. The summed E-state index contributed by atoms with van der Waals surface area (Å²) >= 11 is 0. The Hall–Kier alpha value is -5.70. The maximum absolute atomic E-state index is 14.8. The van der Waals surface area contributed by atoms with Crippen LogP contribution in [0.25, 0.3) is 22.2 Å². The summed E-state index contributed by atoms with van der Waals surface area (Å²) in [7, 11) is -2.55. The molecule has 2 saturated carbocycles. The van der Waals surface area contributed by atoms with Crippen molar-refractivity contribution < 1.29 is 41.8 Å². The van der Waals surface area contributed by atoms with E-state index in [1.54, 1.807) is 54.7 Å². The summed E-state index contributed by atoms with van der Waals surface area (Å²) in [5.74, 6) is -0.909. The van der Waals surface area contributed by atoms with Crippen molar-refractivity contribution in [1.82, 2.24) is 25.2 Å². The fourth-order valence-corrected chi connectivity index (χ4v) is 9.84.